The number of para-hydroxylation sites is 1. The lowest BCUT2D eigenvalue weighted by Crippen LogP contribution is -2.12. The van der Waals surface area contributed by atoms with Crippen molar-refractivity contribution in [2.45, 2.75) is 0 Å². The number of fused-ring (bicyclic) bond motifs is 1. The molecule has 152 valence electrons. The molecule has 3 aromatic carbocycles. The molecule has 1 heterocycles. The van der Waals surface area contributed by atoms with Crippen molar-refractivity contribution in [2.75, 3.05) is 26.6 Å². The average Bonchev–Trinajstić information content (AvgIpc) is 3.22. The quantitative estimate of drug-likeness (QED) is 0.468. The number of carbonyl (C=O) groups excluding carboxylic acids is 1. The summed E-state index contributed by atoms with van der Waals surface area (Å²) in [4.78, 5) is 12.7. The molecule has 4 rings (SSSR count). The molecule has 4 aromatic rings. The van der Waals surface area contributed by atoms with Gasteiger partial charge in [0.2, 0.25) is 5.75 Å². The molecule has 0 saturated heterocycles. The summed E-state index contributed by atoms with van der Waals surface area (Å²) >= 11 is 0. The van der Waals surface area contributed by atoms with Gasteiger partial charge >= 0.3 is 0 Å². The van der Waals surface area contributed by atoms with Crippen LogP contribution in [0.3, 0.4) is 0 Å². The number of rotatable bonds is 6. The van der Waals surface area contributed by atoms with E-state index in [0.29, 0.717) is 28.5 Å². The second-order valence-electron chi connectivity index (χ2n) is 6.59. The predicted octanol–water partition coefficient (Wildman–Crippen LogP) is 5.38. The van der Waals surface area contributed by atoms with Crippen molar-refractivity contribution in [1.29, 1.82) is 0 Å². The van der Waals surface area contributed by atoms with Crippen molar-refractivity contribution in [3.63, 3.8) is 0 Å². The minimum absolute atomic E-state index is 0.286. The molecule has 6 heteroatoms. The third-order valence-corrected chi connectivity index (χ3v) is 4.78. The molecular formula is C24H21NO5. The van der Waals surface area contributed by atoms with Gasteiger partial charge in [-0.25, -0.2) is 0 Å². The van der Waals surface area contributed by atoms with Gasteiger partial charge in [0.25, 0.3) is 5.91 Å². The van der Waals surface area contributed by atoms with Gasteiger partial charge in [-0.2, -0.15) is 0 Å². The lowest BCUT2D eigenvalue weighted by molar-refractivity contribution is 0.102. The van der Waals surface area contributed by atoms with Gasteiger partial charge in [0.15, 0.2) is 11.5 Å². The zero-order valence-corrected chi connectivity index (χ0v) is 16.9. The first kappa shape index (κ1) is 19.4. The molecule has 0 aliphatic rings. The summed E-state index contributed by atoms with van der Waals surface area (Å²) in [5.41, 5.74) is 2.82. The number of hydrogen-bond donors (Lipinski definition) is 1. The van der Waals surface area contributed by atoms with E-state index in [1.54, 1.807) is 12.1 Å². The Morgan fingerprint density at radius 1 is 0.833 bits per heavy atom. The lowest BCUT2D eigenvalue weighted by atomic mass is 10.1. The lowest BCUT2D eigenvalue weighted by Gasteiger charge is -2.14. The molecule has 1 aromatic heterocycles. The number of methoxy groups -OCH3 is 3. The summed E-state index contributed by atoms with van der Waals surface area (Å²) in [6, 6.07) is 20.6. The Morgan fingerprint density at radius 2 is 1.50 bits per heavy atom. The Bertz CT molecular complexity index is 1140. The second-order valence-corrected chi connectivity index (χ2v) is 6.59. The molecule has 0 saturated carbocycles. The summed E-state index contributed by atoms with van der Waals surface area (Å²) in [7, 11) is 4.54. The van der Waals surface area contributed by atoms with Crippen molar-refractivity contribution in [2.24, 2.45) is 0 Å². The van der Waals surface area contributed by atoms with E-state index in [4.69, 9.17) is 18.6 Å². The van der Waals surface area contributed by atoms with Gasteiger partial charge in [0.05, 0.1) is 21.3 Å². The van der Waals surface area contributed by atoms with Crippen LogP contribution in [0, 0.1) is 0 Å². The molecule has 1 N–H and O–H groups in total. The molecule has 0 spiro atoms. The van der Waals surface area contributed by atoms with Crippen LogP contribution >= 0.6 is 0 Å². The number of nitrogens with one attached hydrogen (secondary N) is 1. The maximum atomic E-state index is 12.7. The van der Waals surface area contributed by atoms with E-state index in [9.17, 15) is 4.79 Å². The Labute approximate surface area is 174 Å². The van der Waals surface area contributed by atoms with Gasteiger partial charge in [0.1, 0.15) is 11.3 Å². The van der Waals surface area contributed by atoms with Crippen LogP contribution in [0.25, 0.3) is 22.3 Å². The SMILES string of the molecule is COc1cc(C(=O)Nc2ccc(-c3cc4ccccc4o3)cc2)cc(OC)c1OC. The van der Waals surface area contributed by atoms with E-state index in [-0.39, 0.29) is 5.91 Å². The van der Waals surface area contributed by atoms with Crippen LogP contribution in [0.15, 0.2) is 71.1 Å². The highest BCUT2D eigenvalue weighted by Crippen LogP contribution is 2.38. The zero-order chi connectivity index (χ0) is 21.1. The van der Waals surface area contributed by atoms with Crippen molar-refractivity contribution in [3.05, 3.63) is 72.3 Å². The van der Waals surface area contributed by atoms with Crippen LogP contribution in [0.2, 0.25) is 0 Å². The van der Waals surface area contributed by atoms with Crippen LogP contribution in [0.5, 0.6) is 17.2 Å². The third kappa shape index (κ3) is 3.67. The first-order valence-electron chi connectivity index (χ1n) is 9.33. The fourth-order valence-electron chi connectivity index (χ4n) is 3.26. The van der Waals surface area contributed by atoms with Crippen LogP contribution < -0.4 is 19.5 Å². The van der Waals surface area contributed by atoms with E-state index in [2.05, 4.69) is 5.32 Å². The topological polar surface area (TPSA) is 69.9 Å². The number of hydrogen-bond acceptors (Lipinski definition) is 5. The monoisotopic (exact) mass is 403 g/mol. The van der Waals surface area contributed by atoms with Crippen molar-refractivity contribution in [1.82, 2.24) is 0 Å². The number of furan rings is 1. The Balaban J connectivity index is 1.55. The third-order valence-electron chi connectivity index (χ3n) is 4.78. The summed E-state index contributed by atoms with van der Waals surface area (Å²) < 4.78 is 21.8. The first-order chi connectivity index (χ1) is 14.6. The van der Waals surface area contributed by atoms with Gasteiger partial charge in [0, 0.05) is 22.2 Å². The number of amides is 1. The van der Waals surface area contributed by atoms with Crippen LogP contribution in [-0.2, 0) is 0 Å². The molecule has 30 heavy (non-hydrogen) atoms. The van der Waals surface area contributed by atoms with E-state index in [1.165, 1.54) is 21.3 Å². The maximum Gasteiger partial charge on any atom is 0.255 e. The molecule has 1 amide bonds. The van der Waals surface area contributed by atoms with E-state index in [0.717, 1.165) is 22.3 Å². The highest BCUT2D eigenvalue weighted by Gasteiger charge is 2.17. The molecule has 0 aliphatic heterocycles. The Morgan fingerprint density at radius 3 is 2.10 bits per heavy atom. The predicted molar refractivity (Wildman–Crippen MR) is 116 cm³/mol. The van der Waals surface area contributed by atoms with Gasteiger partial charge in [-0.3, -0.25) is 4.79 Å². The van der Waals surface area contributed by atoms with Crippen LogP contribution in [-0.4, -0.2) is 27.2 Å². The van der Waals surface area contributed by atoms with E-state index in [1.807, 2.05) is 54.6 Å². The van der Waals surface area contributed by atoms with Crippen molar-refractivity contribution >= 4 is 22.6 Å². The molecule has 0 bridgehead atoms. The van der Waals surface area contributed by atoms with E-state index < -0.39 is 0 Å². The van der Waals surface area contributed by atoms with Crippen molar-refractivity contribution < 1.29 is 23.4 Å². The van der Waals surface area contributed by atoms with Gasteiger partial charge < -0.3 is 23.9 Å². The summed E-state index contributed by atoms with van der Waals surface area (Å²) in [5.74, 6) is 1.76. The Kier molecular flexibility index (Phi) is 5.30. The zero-order valence-electron chi connectivity index (χ0n) is 16.9. The van der Waals surface area contributed by atoms with Gasteiger partial charge in [-0.15, -0.1) is 0 Å². The molecular weight excluding hydrogens is 382 g/mol. The van der Waals surface area contributed by atoms with Crippen LogP contribution in [0.1, 0.15) is 10.4 Å². The molecule has 0 aliphatic carbocycles. The molecule has 0 atom stereocenters. The summed E-state index contributed by atoms with van der Waals surface area (Å²) in [6.45, 7) is 0. The molecule has 0 radical (unpaired) electrons. The molecule has 6 nitrogen and oxygen atoms in total. The van der Waals surface area contributed by atoms with E-state index >= 15 is 0 Å². The summed E-state index contributed by atoms with van der Waals surface area (Å²) in [6.07, 6.45) is 0. The molecule has 0 fully saturated rings. The van der Waals surface area contributed by atoms with Crippen LogP contribution in [0.4, 0.5) is 5.69 Å². The Hall–Kier alpha value is -3.93. The average molecular weight is 403 g/mol. The first-order valence-corrected chi connectivity index (χ1v) is 9.33. The maximum absolute atomic E-state index is 12.7. The summed E-state index contributed by atoms with van der Waals surface area (Å²) in [5, 5.41) is 3.93. The number of benzene rings is 3. The second kappa shape index (κ2) is 8.21. The fourth-order valence-corrected chi connectivity index (χ4v) is 3.26. The number of carbonyl (C=O) groups is 1. The number of anilines is 1. The largest absolute Gasteiger partial charge is 0.493 e. The minimum atomic E-state index is -0.286. The highest BCUT2D eigenvalue weighted by atomic mass is 16.5. The normalized spacial score (nSPS) is 10.6. The smallest absolute Gasteiger partial charge is 0.255 e. The number of ether oxygens (including phenoxy) is 3. The fraction of sp³-hybridized carbons (Fsp3) is 0.125. The van der Waals surface area contributed by atoms with Crippen molar-refractivity contribution in [3.8, 4) is 28.6 Å². The highest BCUT2D eigenvalue weighted by molar-refractivity contribution is 6.05. The minimum Gasteiger partial charge on any atom is -0.493 e. The van der Waals surface area contributed by atoms with Gasteiger partial charge in [-0.1, -0.05) is 18.2 Å². The standard InChI is InChI=1S/C24H21NO5/c1-27-21-13-17(14-22(28-2)23(21)29-3)24(26)25-18-10-8-15(9-11-18)20-12-16-6-4-5-7-19(16)30-20/h4-14H,1-3H3,(H,25,26). The molecule has 0 unspecified atom stereocenters. The van der Waals surface area contributed by atoms with Gasteiger partial charge in [-0.05, 0) is 48.5 Å².